The van der Waals surface area contributed by atoms with Gasteiger partial charge >= 0.3 is 0 Å². The first kappa shape index (κ1) is 18.0. The van der Waals surface area contributed by atoms with Crippen LogP contribution in [0.15, 0.2) is 18.2 Å². The molecule has 132 valence electrons. The molecule has 0 aliphatic carbocycles. The Hall–Kier alpha value is -0.850. The summed E-state index contributed by atoms with van der Waals surface area (Å²) in [4.78, 5) is 15.2. The number of hydrogen-bond acceptors (Lipinski definition) is 2. The van der Waals surface area contributed by atoms with E-state index in [2.05, 4.69) is 5.32 Å². The molecule has 24 heavy (non-hydrogen) atoms. The molecule has 0 radical (unpaired) electrons. The largest absolute Gasteiger partial charge is 0.372 e. The second kappa shape index (κ2) is 8.50. The second-order valence-electron chi connectivity index (χ2n) is 6.66. The van der Waals surface area contributed by atoms with Gasteiger partial charge in [-0.15, -0.1) is 0 Å². The summed E-state index contributed by atoms with van der Waals surface area (Å²) in [5, 5.41) is 3.78. The molecule has 0 bridgehead atoms. The van der Waals surface area contributed by atoms with Crippen molar-refractivity contribution < 1.29 is 19.3 Å². The van der Waals surface area contributed by atoms with Crippen LogP contribution in [0.4, 0.5) is 5.69 Å². The molecule has 1 amide bonds. The SMILES string of the molecule is O=C(C[NH+]1CC[NH+](C[C@@H]2CCCO2)CC1)Nc1c(Cl)cccc1Cl. The third-order valence-electron chi connectivity index (χ3n) is 4.84. The number of anilines is 1. The van der Waals surface area contributed by atoms with E-state index in [4.69, 9.17) is 27.9 Å². The summed E-state index contributed by atoms with van der Waals surface area (Å²) in [6.07, 6.45) is 2.83. The number of halogens is 2. The first-order chi connectivity index (χ1) is 11.6. The minimum absolute atomic E-state index is 0.0393. The number of hydrogen-bond donors (Lipinski definition) is 3. The van der Waals surface area contributed by atoms with Crippen LogP contribution in [0.5, 0.6) is 0 Å². The van der Waals surface area contributed by atoms with E-state index in [0.29, 0.717) is 28.4 Å². The van der Waals surface area contributed by atoms with E-state index in [9.17, 15) is 4.79 Å². The Morgan fingerprint density at radius 3 is 2.46 bits per heavy atom. The van der Waals surface area contributed by atoms with Crippen molar-refractivity contribution in [1.82, 2.24) is 0 Å². The van der Waals surface area contributed by atoms with Gasteiger partial charge in [-0.05, 0) is 25.0 Å². The fourth-order valence-corrected chi connectivity index (χ4v) is 3.99. The lowest BCUT2D eigenvalue weighted by atomic mass is 10.2. The summed E-state index contributed by atoms with van der Waals surface area (Å²) >= 11 is 12.2. The molecule has 7 heteroatoms. The van der Waals surface area contributed by atoms with Crippen LogP contribution in [0.3, 0.4) is 0 Å². The number of rotatable bonds is 5. The Morgan fingerprint density at radius 1 is 1.17 bits per heavy atom. The summed E-state index contributed by atoms with van der Waals surface area (Å²) in [6.45, 7) is 6.67. The number of carbonyl (C=O) groups is 1. The van der Waals surface area contributed by atoms with Crippen molar-refractivity contribution in [3.05, 3.63) is 28.2 Å². The van der Waals surface area contributed by atoms with Gasteiger partial charge in [0.25, 0.3) is 5.91 Å². The lowest BCUT2D eigenvalue weighted by Gasteiger charge is -2.30. The van der Waals surface area contributed by atoms with Gasteiger partial charge in [0.05, 0.1) is 15.7 Å². The molecule has 3 rings (SSSR count). The predicted octanol–water partition coefficient (Wildman–Crippen LogP) is -0.106. The summed E-state index contributed by atoms with van der Waals surface area (Å²) in [6, 6.07) is 5.22. The van der Waals surface area contributed by atoms with Crippen molar-refractivity contribution in [2.45, 2.75) is 18.9 Å². The summed E-state index contributed by atoms with van der Waals surface area (Å²) in [5.74, 6) is -0.0393. The molecule has 2 saturated heterocycles. The molecule has 0 saturated carbocycles. The molecule has 1 atom stereocenters. The first-order valence-electron chi connectivity index (χ1n) is 8.64. The smallest absolute Gasteiger partial charge is 0.279 e. The van der Waals surface area contributed by atoms with Crippen LogP contribution >= 0.6 is 23.2 Å². The maximum absolute atomic E-state index is 12.3. The number of nitrogens with one attached hydrogen (secondary N) is 3. The van der Waals surface area contributed by atoms with E-state index in [1.807, 2.05) is 0 Å². The van der Waals surface area contributed by atoms with Gasteiger partial charge in [-0.2, -0.15) is 0 Å². The summed E-state index contributed by atoms with van der Waals surface area (Å²) in [7, 11) is 0. The van der Waals surface area contributed by atoms with E-state index in [1.54, 1.807) is 23.1 Å². The van der Waals surface area contributed by atoms with Crippen LogP contribution in [0, 0.1) is 0 Å². The van der Waals surface area contributed by atoms with Gasteiger partial charge in [0.2, 0.25) is 0 Å². The Kier molecular flexibility index (Phi) is 6.36. The van der Waals surface area contributed by atoms with Crippen LogP contribution < -0.4 is 15.1 Å². The topological polar surface area (TPSA) is 47.2 Å². The number of amides is 1. The number of carbonyl (C=O) groups excluding carboxylic acids is 1. The Bertz CT molecular complexity index is 551. The van der Waals surface area contributed by atoms with Gasteiger partial charge in [0.1, 0.15) is 38.8 Å². The van der Waals surface area contributed by atoms with Crippen LogP contribution in [-0.4, -0.2) is 57.9 Å². The maximum Gasteiger partial charge on any atom is 0.279 e. The van der Waals surface area contributed by atoms with E-state index in [0.717, 1.165) is 39.3 Å². The van der Waals surface area contributed by atoms with E-state index in [-0.39, 0.29) is 5.91 Å². The highest BCUT2D eigenvalue weighted by atomic mass is 35.5. The highest BCUT2D eigenvalue weighted by Crippen LogP contribution is 2.29. The van der Waals surface area contributed by atoms with Crippen LogP contribution in [0.1, 0.15) is 12.8 Å². The Morgan fingerprint density at radius 2 is 1.83 bits per heavy atom. The molecule has 0 spiro atoms. The zero-order valence-corrected chi connectivity index (χ0v) is 15.3. The molecule has 0 unspecified atom stereocenters. The molecule has 2 aliphatic rings. The molecule has 2 heterocycles. The van der Waals surface area contributed by atoms with E-state index in [1.165, 1.54) is 17.7 Å². The monoisotopic (exact) mass is 373 g/mol. The number of benzene rings is 1. The van der Waals surface area contributed by atoms with Crippen LogP contribution in [0.25, 0.3) is 0 Å². The second-order valence-corrected chi connectivity index (χ2v) is 7.48. The maximum atomic E-state index is 12.3. The fourth-order valence-electron chi connectivity index (χ4n) is 3.49. The quantitative estimate of drug-likeness (QED) is 0.674. The molecule has 2 aliphatic heterocycles. The zero-order chi connectivity index (χ0) is 16.9. The van der Waals surface area contributed by atoms with Crippen molar-refractivity contribution in [3.8, 4) is 0 Å². The third-order valence-corrected chi connectivity index (χ3v) is 5.47. The minimum Gasteiger partial charge on any atom is -0.372 e. The van der Waals surface area contributed by atoms with E-state index < -0.39 is 0 Å². The van der Waals surface area contributed by atoms with Gasteiger partial charge in [-0.1, -0.05) is 29.3 Å². The lowest BCUT2D eigenvalue weighted by Crippen LogP contribution is -3.28. The standard InChI is InChI=1S/C17H23Cl2N3O2/c18-14-4-1-5-15(19)17(14)20-16(23)12-22-8-6-21(7-9-22)11-13-3-2-10-24-13/h1,4-5,13H,2-3,6-12H2,(H,20,23)/p+2/t13-/m0/s1. The number of para-hydroxylation sites is 1. The average molecular weight is 374 g/mol. The number of ether oxygens (including phenoxy) is 1. The molecule has 0 aromatic heterocycles. The van der Waals surface area contributed by atoms with Crippen molar-refractivity contribution in [2.24, 2.45) is 0 Å². The molecular weight excluding hydrogens is 349 g/mol. The van der Waals surface area contributed by atoms with Crippen molar-refractivity contribution in [2.75, 3.05) is 51.2 Å². The van der Waals surface area contributed by atoms with Crippen molar-refractivity contribution in [3.63, 3.8) is 0 Å². The highest BCUT2D eigenvalue weighted by molar-refractivity contribution is 6.39. The van der Waals surface area contributed by atoms with Gasteiger partial charge in [-0.3, -0.25) is 4.79 Å². The molecule has 1 aromatic rings. The van der Waals surface area contributed by atoms with E-state index >= 15 is 0 Å². The predicted molar refractivity (Wildman–Crippen MR) is 95.2 cm³/mol. The van der Waals surface area contributed by atoms with Crippen LogP contribution in [-0.2, 0) is 9.53 Å². The molecular formula is C17H25Cl2N3O2+2. The van der Waals surface area contributed by atoms with Gasteiger partial charge in [0.15, 0.2) is 6.54 Å². The minimum atomic E-state index is -0.0393. The summed E-state index contributed by atoms with van der Waals surface area (Å²) in [5.41, 5.74) is 0.507. The van der Waals surface area contributed by atoms with Crippen LogP contribution in [0.2, 0.25) is 10.0 Å². The first-order valence-corrected chi connectivity index (χ1v) is 9.40. The van der Waals surface area contributed by atoms with Gasteiger partial charge < -0.3 is 19.9 Å². The Balaban J connectivity index is 1.43. The third kappa shape index (κ3) is 4.83. The molecule has 1 aromatic carbocycles. The fraction of sp³-hybridized carbons (Fsp3) is 0.588. The Labute approximate surface area is 152 Å². The lowest BCUT2D eigenvalue weighted by molar-refractivity contribution is -1.01. The van der Waals surface area contributed by atoms with Crippen molar-refractivity contribution >= 4 is 34.8 Å². The highest BCUT2D eigenvalue weighted by Gasteiger charge is 2.28. The van der Waals surface area contributed by atoms with Gasteiger partial charge in [0, 0.05) is 6.61 Å². The van der Waals surface area contributed by atoms with Crippen molar-refractivity contribution in [1.29, 1.82) is 0 Å². The number of piperazine rings is 1. The summed E-state index contributed by atoms with van der Waals surface area (Å²) < 4.78 is 5.72. The zero-order valence-electron chi connectivity index (χ0n) is 13.7. The molecule has 2 fully saturated rings. The van der Waals surface area contributed by atoms with Gasteiger partial charge in [-0.25, -0.2) is 0 Å². The normalized spacial score (nSPS) is 27.2. The molecule has 5 nitrogen and oxygen atoms in total. The molecule has 3 N–H and O–H groups in total. The average Bonchev–Trinajstić information content (AvgIpc) is 3.06. The number of quaternary nitrogens is 2.